The number of hydrogen-bond donors (Lipinski definition) is 2. The Morgan fingerprint density at radius 3 is 2.93 bits per heavy atom. The highest BCUT2D eigenvalue weighted by Crippen LogP contribution is 2.25. The van der Waals surface area contributed by atoms with Gasteiger partial charge in [-0.05, 0) is 25.1 Å². The predicted octanol–water partition coefficient (Wildman–Crippen LogP) is 2.61. The monoisotopic (exact) mass is 215 g/mol. The van der Waals surface area contributed by atoms with Crippen LogP contribution in [-0.4, -0.2) is 17.8 Å². The predicted molar refractivity (Wildman–Crippen MR) is 53.8 cm³/mol. The average molecular weight is 216 g/mol. The van der Waals surface area contributed by atoms with Gasteiger partial charge in [0.05, 0.1) is 11.6 Å². The number of hydrogen-bond acceptors (Lipinski definition) is 3. The summed E-state index contributed by atoms with van der Waals surface area (Å²) in [5.41, 5.74) is 0.478. The van der Waals surface area contributed by atoms with Crippen molar-refractivity contribution in [3.63, 3.8) is 0 Å². The fourth-order valence-electron chi connectivity index (χ4n) is 0.870. The Morgan fingerprint density at radius 2 is 2.36 bits per heavy atom. The highest BCUT2D eigenvalue weighted by molar-refractivity contribution is 6.32. The number of amides is 1. The van der Waals surface area contributed by atoms with E-state index >= 15 is 0 Å². The number of phenols is 1. The zero-order chi connectivity index (χ0) is 10.6. The minimum Gasteiger partial charge on any atom is -0.506 e. The average Bonchev–Trinajstić information content (AvgIpc) is 2.12. The summed E-state index contributed by atoms with van der Waals surface area (Å²) in [6, 6.07) is 4.36. The molecule has 0 aromatic heterocycles. The molecule has 0 atom stereocenters. The summed E-state index contributed by atoms with van der Waals surface area (Å²) in [7, 11) is 0. The van der Waals surface area contributed by atoms with Crippen LogP contribution in [0.1, 0.15) is 6.92 Å². The van der Waals surface area contributed by atoms with Gasteiger partial charge in [0.2, 0.25) is 0 Å². The van der Waals surface area contributed by atoms with E-state index in [-0.39, 0.29) is 10.8 Å². The van der Waals surface area contributed by atoms with Crippen molar-refractivity contribution in [2.75, 3.05) is 11.9 Å². The van der Waals surface area contributed by atoms with Crippen LogP contribution >= 0.6 is 11.6 Å². The Labute approximate surface area is 86.4 Å². The van der Waals surface area contributed by atoms with Gasteiger partial charge in [0.15, 0.2) is 0 Å². The third-order valence-electron chi connectivity index (χ3n) is 1.47. The lowest BCUT2D eigenvalue weighted by Gasteiger charge is -2.05. The Bertz CT molecular complexity index is 341. The second-order valence-corrected chi connectivity index (χ2v) is 2.92. The second kappa shape index (κ2) is 4.72. The summed E-state index contributed by atoms with van der Waals surface area (Å²) in [5.74, 6) is -0.0268. The number of anilines is 1. The third kappa shape index (κ3) is 2.81. The van der Waals surface area contributed by atoms with Crippen LogP contribution in [0.15, 0.2) is 18.2 Å². The molecule has 1 rings (SSSR count). The lowest BCUT2D eigenvalue weighted by molar-refractivity contribution is 0.168. The number of nitrogens with one attached hydrogen (secondary N) is 1. The Morgan fingerprint density at radius 1 is 1.64 bits per heavy atom. The van der Waals surface area contributed by atoms with E-state index < -0.39 is 6.09 Å². The molecule has 0 radical (unpaired) electrons. The van der Waals surface area contributed by atoms with Crippen LogP contribution in [0.5, 0.6) is 5.75 Å². The summed E-state index contributed by atoms with van der Waals surface area (Å²) in [6.07, 6.45) is -0.547. The fourth-order valence-corrected chi connectivity index (χ4v) is 1.05. The van der Waals surface area contributed by atoms with E-state index in [1.54, 1.807) is 6.92 Å². The molecule has 0 bridgehead atoms. The van der Waals surface area contributed by atoms with Crippen LogP contribution in [0.3, 0.4) is 0 Å². The molecule has 0 spiro atoms. The fraction of sp³-hybridized carbons (Fsp3) is 0.222. The quantitative estimate of drug-likeness (QED) is 0.746. The van der Waals surface area contributed by atoms with Gasteiger partial charge in [-0.25, -0.2) is 4.79 Å². The highest BCUT2D eigenvalue weighted by atomic mass is 35.5. The molecule has 0 aliphatic heterocycles. The zero-order valence-electron chi connectivity index (χ0n) is 7.58. The normalized spacial score (nSPS) is 9.57. The van der Waals surface area contributed by atoms with Crippen LogP contribution in [-0.2, 0) is 4.74 Å². The first-order chi connectivity index (χ1) is 6.63. The summed E-state index contributed by atoms with van der Waals surface area (Å²) >= 11 is 5.63. The summed E-state index contributed by atoms with van der Waals surface area (Å²) in [4.78, 5) is 11.0. The molecule has 4 nitrogen and oxygen atoms in total. The van der Waals surface area contributed by atoms with E-state index in [4.69, 9.17) is 16.7 Å². The standard InChI is InChI=1S/C9H10ClNO3/c1-2-14-9(13)11-6-3-4-8(12)7(10)5-6/h3-5,12H,2H2,1H3,(H,11,13). The van der Waals surface area contributed by atoms with Gasteiger partial charge in [0.25, 0.3) is 0 Å². The molecule has 14 heavy (non-hydrogen) atoms. The van der Waals surface area contributed by atoms with Crippen molar-refractivity contribution >= 4 is 23.4 Å². The smallest absolute Gasteiger partial charge is 0.411 e. The van der Waals surface area contributed by atoms with E-state index in [0.29, 0.717) is 12.3 Å². The number of carbonyl (C=O) groups excluding carboxylic acids is 1. The third-order valence-corrected chi connectivity index (χ3v) is 1.77. The maximum atomic E-state index is 11.0. The van der Waals surface area contributed by atoms with Gasteiger partial charge < -0.3 is 9.84 Å². The number of carbonyl (C=O) groups is 1. The van der Waals surface area contributed by atoms with E-state index in [1.807, 2.05) is 0 Å². The molecular weight excluding hydrogens is 206 g/mol. The SMILES string of the molecule is CCOC(=O)Nc1ccc(O)c(Cl)c1. The molecule has 0 heterocycles. The molecule has 2 N–H and O–H groups in total. The summed E-state index contributed by atoms with van der Waals surface area (Å²) in [5, 5.41) is 11.7. The first-order valence-corrected chi connectivity index (χ1v) is 4.43. The number of halogens is 1. The van der Waals surface area contributed by atoms with Gasteiger partial charge in [-0.2, -0.15) is 0 Å². The first kappa shape index (κ1) is 10.7. The van der Waals surface area contributed by atoms with Crippen molar-refractivity contribution in [1.29, 1.82) is 0 Å². The molecule has 0 aliphatic carbocycles. The summed E-state index contributed by atoms with van der Waals surface area (Å²) in [6.45, 7) is 2.01. The minimum atomic E-state index is -0.547. The van der Waals surface area contributed by atoms with Crippen LogP contribution in [0.2, 0.25) is 5.02 Å². The van der Waals surface area contributed by atoms with Gasteiger partial charge in [0, 0.05) is 5.69 Å². The van der Waals surface area contributed by atoms with Crippen LogP contribution < -0.4 is 5.32 Å². The van der Waals surface area contributed by atoms with Crippen molar-refractivity contribution in [3.05, 3.63) is 23.2 Å². The van der Waals surface area contributed by atoms with Gasteiger partial charge in [0.1, 0.15) is 5.75 Å². The minimum absolute atomic E-state index is 0.0268. The molecule has 0 aliphatic rings. The molecule has 5 heteroatoms. The molecule has 0 unspecified atom stereocenters. The Kier molecular flexibility index (Phi) is 3.59. The van der Waals surface area contributed by atoms with Gasteiger partial charge in [-0.15, -0.1) is 0 Å². The molecule has 0 saturated carbocycles. The second-order valence-electron chi connectivity index (χ2n) is 2.51. The van der Waals surface area contributed by atoms with Gasteiger partial charge >= 0.3 is 6.09 Å². The number of benzene rings is 1. The molecular formula is C9H10ClNO3. The van der Waals surface area contributed by atoms with Crippen LogP contribution in [0, 0.1) is 0 Å². The van der Waals surface area contributed by atoms with E-state index in [1.165, 1.54) is 18.2 Å². The number of phenolic OH excluding ortho intramolecular Hbond substituents is 1. The van der Waals surface area contributed by atoms with E-state index in [9.17, 15) is 4.79 Å². The largest absolute Gasteiger partial charge is 0.506 e. The Hall–Kier alpha value is -1.42. The molecule has 1 aromatic carbocycles. The van der Waals surface area contributed by atoms with Crippen LogP contribution in [0.25, 0.3) is 0 Å². The van der Waals surface area contributed by atoms with Crippen molar-refractivity contribution in [2.45, 2.75) is 6.92 Å². The number of rotatable bonds is 2. The highest BCUT2D eigenvalue weighted by Gasteiger charge is 2.04. The maximum absolute atomic E-state index is 11.0. The summed E-state index contributed by atoms with van der Waals surface area (Å²) < 4.78 is 4.66. The van der Waals surface area contributed by atoms with Gasteiger partial charge in [-0.1, -0.05) is 11.6 Å². The molecule has 76 valence electrons. The van der Waals surface area contributed by atoms with Crippen molar-refractivity contribution in [2.24, 2.45) is 0 Å². The van der Waals surface area contributed by atoms with Crippen molar-refractivity contribution in [3.8, 4) is 5.75 Å². The van der Waals surface area contributed by atoms with Crippen LogP contribution in [0.4, 0.5) is 10.5 Å². The Balaban J connectivity index is 2.68. The molecule has 0 saturated heterocycles. The molecule has 0 fully saturated rings. The van der Waals surface area contributed by atoms with Gasteiger partial charge in [-0.3, -0.25) is 5.32 Å². The lowest BCUT2D eigenvalue weighted by atomic mass is 10.3. The molecule has 1 amide bonds. The van der Waals surface area contributed by atoms with E-state index in [0.717, 1.165) is 0 Å². The maximum Gasteiger partial charge on any atom is 0.411 e. The number of ether oxygens (including phenoxy) is 1. The zero-order valence-corrected chi connectivity index (χ0v) is 8.34. The van der Waals surface area contributed by atoms with Crippen molar-refractivity contribution in [1.82, 2.24) is 0 Å². The van der Waals surface area contributed by atoms with Crippen molar-refractivity contribution < 1.29 is 14.6 Å². The first-order valence-electron chi connectivity index (χ1n) is 4.05. The molecule has 1 aromatic rings. The number of aromatic hydroxyl groups is 1. The topological polar surface area (TPSA) is 58.6 Å². The van der Waals surface area contributed by atoms with E-state index in [2.05, 4.69) is 10.1 Å². The lowest BCUT2D eigenvalue weighted by Crippen LogP contribution is -2.13.